The van der Waals surface area contributed by atoms with Crippen LogP contribution in [0.4, 0.5) is 0 Å². The van der Waals surface area contributed by atoms with Gasteiger partial charge in [-0.25, -0.2) is 0 Å². The second kappa shape index (κ2) is 5.53. The average molecular weight is 262 g/mol. The number of ether oxygens (including phenoxy) is 1. The maximum Gasteiger partial charge on any atom is 0.256 e. The van der Waals surface area contributed by atoms with E-state index in [4.69, 9.17) is 9.84 Å². The molecular weight excluding hydrogens is 248 g/mol. The number of rotatable bonds is 4. The Morgan fingerprint density at radius 3 is 2.95 bits per heavy atom. The number of hydrogen-bond acceptors (Lipinski definition) is 4. The first-order valence-corrected chi connectivity index (χ1v) is 5.76. The molecule has 2 rings (SSSR count). The molecule has 100 valence electrons. The van der Waals surface area contributed by atoms with Crippen LogP contribution in [0.15, 0.2) is 29.2 Å². The van der Waals surface area contributed by atoms with Crippen molar-refractivity contribution in [2.45, 2.75) is 0 Å². The number of carbonyl (C=O) groups excluding carboxylic acids is 1. The minimum absolute atomic E-state index is 0.0196. The van der Waals surface area contributed by atoms with Crippen LogP contribution in [-0.4, -0.2) is 36.3 Å². The highest BCUT2D eigenvalue weighted by Crippen LogP contribution is 2.16. The Labute approximate surface area is 109 Å². The van der Waals surface area contributed by atoms with Crippen LogP contribution >= 0.6 is 0 Å². The first-order chi connectivity index (χ1) is 9.17. The lowest BCUT2D eigenvalue weighted by atomic mass is 10.1. The molecule has 6 heteroatoms. The standard InChI is InChI=1S/C13H14N2O4/c1-19-8-2-3-9-11(6-8)15-7-10(12(9)17)13(18)14-4-5-16/h2-3,6-7,16H,4-5H2,1H3,(H,14,18)(H,15,17). The van der Waals surface area contributed by atoms with Crippen LogP contribution in [0.2, 0.25) is 0 Å². The largest absolute Gasteiger partial charge is 0.497 e. The van der Waals surface area contributed by atoms with Crippen LogP contribution in [0.3, 0.4) is 0 Å². The molecule has 1 aromatic carbocycles. The monoisotopic (exact) mass is 262 g/mol. The number of aromatic nitrogens is 1. The van der Waals surface area contributed by atoms with Crippen molar-refractivity contribution in [3.05, 3.63) is 40.2 Å². The van der Waals surface area contributed by atoms with Crippen molar-refractivity contribution in [2.75, 3.05) is 20.3 Å². The van der Waals surface area contributed by atoms with E-state index in [-0.39, 0.29) is 24.1 Å². The highest BCUT2D eigenvalue weighted by Gasteiger charge is 2.12. The molecule has 2 aromatic rings. The molecule has 0 aliphatic rings. The van der Waals surface area contributed by atoms with Gasteiger partial charge in [0.2, 0.25) is 5.43 Å². The highest BCUT2D eigenvalue weighted by molar-refractivity contribution is 5.97. The van der Waals surface area contributed by atoms with Crippen molar-refractivity contribution in [3.8, 4) is 5.75 Å². The van der Waals surface area contributed by atoms with Gasteiger partial charge in [-0.2, -0.15) is 0 Å². The third kappa shape index (κ3) is 2.58. The van der Waals surface area contributed by atoms with Gasteiger partial charge in [0, 0.05) is 24.2 Å². The van der Waals surface area contributed by atoms with Crippen molar-refractivity contribution in [2.24, 2.45) is 0 Å². The quantitative estimate of drug-likeness (QED) is 0.737. The number of carbonyl (C=O) groups is 1. The number of nitrogens with one attached hydrogen (secondary N) is 2. The summed E-state index contributed by atoms with van der Waals surface area (Å²) < 4.78 is 5.06. The Morgan fingerprint density at radius 2 is 2.26 bits per heavy atom. The number of pyridine rings is 1. The summed E-state index contributed by atoms with van der Waals surface area (Å²) in [5, 5.41) is 11.5. The summed E-state index contributed by atoms with van der Waals surface area (Å²) >= 11 is 0. The minimum Gasteiger partial charge on any atom is -0.497 e. The number of aromatic amines is 1. The number of hydrogen-bond donors (Lipinski definition) is 3. The zero-order valence-electron chi connectivity index (χ0n) is 10.4. The van der Waals surface area contributed by atoms with E-state index in [1.165, 1.54) is 13.3 Å². The van der Waals surface area contributed by atoms with Crippen molar-refractivity contribution >= 4 is 16.8 Å². The second-order valence-electron chi connectivity index (χ2n) is 3.92. The molecule has 0 atom stereocenters. The van der Waals surface area contributed by atoms with Gasteiger partial charge >= 0.3 is 0 Å². The Morgan fingerprint density at radius 1 is 1.47 bits per heavy atom. The summed E-state index contributed by atoms with van der Waals surface area (Å²) in [6, 6.07) is 4.95. The van der Waals surface area contributed by atoms with E-state index in [1.807, 2.05) is 0 Å². The molecule has 3 N–H and O–H groups in total. The maximum atomic E-state index is 12.1. The molecule has 0 spiro atoms. The van der Waals surface area contributed by atoms with Gasteiger partial charge in [-0.3, -0.25) is 9.59 Å². The van der Waals surface area contributed by atoms with Crippen molar-refractivity contribution in [1.82, 2.24) is 10.3 Å². The SMILES string of the molecule is COc1ccc2c(=O)c(C(=O)NCCO)c[nH]c2c1. The van der Waals surface area contributed by atoms with Crippen LogP contribution in [-0.2, 0) is 0 Å². The Balaban J connectivity index is 2.46. The van der Waals surface area contributed by atoms with E-state index < -0.39 is 5.91 Å². The van der Waals surface area contributed by atoms with Gasteiger partial charge in [0.25, 0.3) is 5.91 Å². The number of amides is 1. The summed E-state index contributed by atoms with van der Waals surface area (Å²) in [4.78, 5) is 26.8. The molecule has 6 nitrogen and oxygen atoms in total. The zero-order valence-corrected chi connectivity index (χ0v) is 10.4. The van der Waals surface area contributed by atoms with E-state index in [0.29, 0.717) is 16.7 Å². The fourth-order valence-electron chi connectivity index (χ4n) is 1.76. The number of methoxy groups -OCH3 is 1. The van der Waals surface area contributed by atoms with Crippen LogP contribution in [0.25, 0.3) is 10.9 Å². The second-order valence-corrected chi connectivity index (χ2v) is 3.92. The number of fused-ring (bicyclic) bond motifs is 1. The Bertz CT molecular complexity index is 663. The van der Waals surface area contributed by atoms with Gasteiger partial charge in [-0.15, -0.1) is 0 Å². The topological polar surface area (TPSA) is 91.4 Å². The number of benzene rings is 1. The lowest BCUT2D eigenvalue weighted by Crippen LogP contribution is -2.30. The molecule has 0 saturated carbocycles. The molecule has 0 bridgehead atoms. The summed E-state index contributed by atoms with van der Waals surface area (Å²) in [6.45, 7) is -0.0622. The fourth-order valence-corrected chi connectivity index (χ4v) is 1.76. The van der Waals surface area contributed by atoms with E-state index in [1.54, 1.807) is 18.2 Å². The van der Waals surface area contributed by atoms with Crippen LogP contribution < -0.4 is 15.5 Å². The average Bonchev–Trinajstić information content (AvgIpc) is 2.44. The first-order valence-electron chi connectivity index (χ1n) is 5.76. The molecule has 0 radical (unpaired) electrons. The summed E-state index contributed by atoms with van der Waals surface area (Å²) in [5.74, 6) is 0.119. The molecule has 0 aliphatic heterocycles. The van der Waals surface area contributed by atoms with Gasteiger partial charge in [-0.05, 0) is 12.1 Å². The van der Waals surface area contributed by atoms with Crippen LogP contribution in [0.1, 0.15) is 10.4 Å². The molecule has 19 heavy (non-hydrogen) atoms. The third-order valence-electron chi connectivity index (χ3n) is 2.73. The highest BCUT2D eigenvalue weighted by atomic mass is 16.5. The molecule has 0 aliphatic carbocycles. The summed E-state index contributed by atoms with van der Waals surface area (Å²) in [6.07, 6.45) is 1.36. The van der Waals surface area contributed by atoms with Crippen LogP contribution in [0.5, 0.6) is 5.75 Å². The first kappa shape index (κ1) is 13.1. The van der Waals surface area contributed by atoms with Gasteiger partial charge in [0.1, 0.15) is 11.3 Å². The summed E-state index contributed by atoms with van der Waals surface area (Å²) in [5.41, 5.74) is 0.265. The van der Waals surface area contributed by atoms with E-state index in [0.717, 1.165) is 0 Å². The molecule has 1 amide bonds. The zero-order chi connectivity index (χ0) is 13.8. The maximum absolute atomic E-state index is 12.1. The van der Waals surface area contributed by atoms with E-state index in [2.05, 4.69) is 10.3 Å². The van der Waals surface area contributed by atoms with E-state index >= 15 is 0 Å². The minimum atomic E-state index is -0.506. The smallest absolute Gasteiger partial charge is 0.256 e. The third-order valence-corrected chi connectivity index (χ3v) is 2.73. The van der Waals surface area contributed by atoms with Crippen LogP contribution in [0, 0.1) is 0 Å². The van der Waals surface area contributed by atoms with E-state index in [9.17, 15) is 9.59 Å². The predicted molar refractivity (Wildman–Crippen MR) is 70.5 cm³/mol. The van der Waals surface area contributed by atoms with Gasteiger partial charge in [-0.1, -0.05) is 0 Å². The molecule has 1 heterocycles. The van der Waals surface area contributed by atoms with Crippen molar-refractivity contribution in [1.29, 1.82) is 0 Å². The fraction of sp³-hybridized carbons (Fsp3) is 0.231. The molecule has 1 aromatic heterocycles. The molecule has 0 saturated heterocycles. The number of H-pyrrole nitrogens is 1. The van der Waals surface area contributed by atoms with Crippen molar-refractivity contribution < 1.29 is 14.6 Å². The normalized spacial score (nSPS) is 10.4. The van der Waals surface area contributed by atoms with Gasteiger partial charge < -0.3 is 20.1 Å². The van der Waals surface area contributed by atoms with Gasteiger partial charge in [0.05, 0.1) is 19.2 Å². The predicted octanol–water partition coefficient (Wildman–Crippen LogP) is 0.259. The van der Waals surface area contributed by atoms with Crippen molar-refractivity contribution in [3.63, 3.8) is 0 Å². The summed E-state index contributed by atoms with van der Waals surface area (Å²) in [7, 11) is 1.54. The lowest BCUT2D eigenvalue weighted by molar-refractivity contribution is 0.0943. The number of aliphatic hydroxyl groups excluding tert-OH is 1. The number of aliphatic hydroxyl groups is 1. The Kier molecular flexibility index (Phi) is 3.82. The molecule has 0 fully saturated rings. The Hall–Kier alpha value is -2.34. The van der Waals surface area contributed by atoms with Gasteiger partial charge in [0.15, 0.2) is 0 Å². The molecular formula is C13H14N2O4. The lowest BCUT2D eigenvalue weighted by Gasteiger charge is -2.05. The molecule has 0 unspecified atom stereocenters.